The highest BCUT2D eigenvalue weighted by molar-refractivity contribution is 7.47. The first-order valence-electron chi connectivity index (χ1n) is 27.4. The summed E-state index contributed by atoms with van der Waals surface area (Å²) in [5, 5.41) is 9.79. The third-order valence-electron chi connectivity index (χ3n) is 10.9. The lowest BCUT2D eigenvalue weighted by Crippen LogP contribution is -2.30. The highest BCUT2D eigenvalue weighted by Gasteiger charge is 2.28. The van der Waals surface area contributed by atoms with Gasteiger partial charge in [-0.1, -0.05) is 187 Å². The predicted molar refractivity (Wildman–Crippen MR) is 297 cm³/mol. The molecular formula is C60H97O11P. The molecule has 3 unspecified atom stereocenters. The van der Waals surface area contributed by atoms with E-state index in [1.165, 1.54) is 25.7 Å². The second kappa shape index (κ2) is 53.2. The molecule has 0 aromatic carbocycles. The van der Waals surface area contributed by atoms with Gasteiger partial charge in [0.2, 0.25) is 0 Å². The van der Waals surface area contributed by atoms with E-state index in [9.17, 15) is 28.9 Å². The number of aliphatic hydroxyl groups excluding tert-OH is 1. The van der Waals surface area contributed by atoms with Gasteiger partial charge in [-0.2, -0.15) is 0 Å². The first kappa shape index (κ1) is 67.9. The largest absolute Gasteiger partial charge is 0.472 e. The van der Waals surface area contributed by atoms with Crippen molar-refractivity contribution in [2.45, 2.75) is 213 Å². The van der Waals surface area contributed by atoms with E-state index in [-0.39, 0.29) is 25.9 Å². The Labute approximate surface area is 437 Å². The Morgan fingerprint density at radius 2 is 0.750 bits per heavy atom. The first-order chi connectivity index (χ1) is 35.2. The molecule has 0 saturated carbocycles. The van der Waals surface area contributed by atoms with Crippen molar-refractivity contribution in [2.24, 2.45) is 0 Å². The monoisotopic (exact) mass is 1020 g/mol. The van der Waals surface area contributed by atoms with Crippen LogP contribution in [0.3, 0.4) is 0 Å². The third-order valence-corrected chi connectivity index (χ3v) is 11.8. The van der Waals surface area contributed by atoms with E-state index in [2.05, 4.69) is 130 Å². The fourth-order valence-electron chi connectivity index (χ4n) is 6.74. The zero-order valence-electron chi connectivity index (χ0n) is 44.8. The van der Waals surface area contributed by atoms with Gasteiger partial charge < -0.3 is 24.2 Å². The van der Waals surface area contributed by atoms with Gasteiger partial charge in [0, 0.05) is 19.3 Å². The molecule has 12 heteroatoms. The van der Waals surface area contributed by atoms with Gasteiger partial charge in [0.1, 0.15) is 12.7 Å². The van der Waals surface area contributed by atoms with Crippen LogP contribution in [0.5, 0.6) is 0 Å². The van der Waals surface area contributed by atoms with Gasteiger partial charge in [0.05, 0.1) is 19.8 Å². The summed E-state index contributed by atoms with van der Waals surface area (Å²) in [5.41, 5.74) is 0. The molecule has 0 heterocycles. The molecule has 0 aliphatic rings. The van der Waals surface area contributed by atoms with Crippen molar-refractivity contribution in [3.05, 3.63) is 122 Å². The summed E-state index contributed by atoms with van der Waals surface area (Å²) in [4.78, 5) is 48.4. The Morgan fingerprint density at radius 1 is 0.403 bits per heavy atom. The molecule has 0 rings (SSSR count). The van der Waals surface area contributed by atoms with E-state index in [1.54, 1.807) is 0 Å². The smallest absolute Gasteiger partial charge is 0.462 e. The van der Waals surface area contributed by atoms with Crippen LogP contribution in [0.15, 0.2) is 122 Å². The van der Waals surface area contributed by atoms with Crippen molar-refractivity contribution in [3.8, 4) is 0 Å². The number of allylic oxidation sites excluding steroid dienone is 20. The van der Waals surface area contributed by atoms with E-state index in [1.807, 2.05) is 12.2 Å². The summed E-state index contributed by atoms with van der Waals surface area (Å²) >= 11 is 0. The van der Waals surface area contributed by atoms with Crippen LogP contribution in [-0.4, -0.2) is 66.5 Å². The Morgan fingerprint density at radius 3 is 1.22 bits per heavy atom. The maximum atomic E-state index is 12.9. The molecule has 0 amide bonds. The topological polar surface area (TPSA) is 155 Å². The molecule has 11 nitrogen and oxygen atoms in total. The highest BCUT2D eigenvalue weighted by Crippen LogP contribution is 2.43. The Hall–Kier alpha value is -4.12. The van der Waals surface area contributed by atoms with E-state index >= 15 is 0 Å². The van der Waals surface area contributed by atoms with Gasteiger partial charge in [0.15, 0.2) is 6.10 Å². The Bertz CT molecular complexity index is 1670. The molecular weight excluding hydrogens is 928 g/mol. The number of carbonyl (C=O) groups excluding carboxylic acids is 3. The van der Waals surface area contributed by atoms with Crippen molar-refractivity contribution < 1.29 is 52.2 Å². The number of aliphatic hydroxyl groups is 1. The normalized spacial score (nSPS) is 14.3. The van der Waals surface area contributed by atoms with Crippen LogP contribution in [0.1, 0.15) is 201 Å². The molecule has 0 radical (unpaired) electrons. The van der Waals surface area contributed by atoms with Crippen molar-refractivity contribution >= 4 is 25.7 Å². The fraction of sp³-hybridized carbons (Fsp3) is 0.617. The SMILES string of the molecule is CC/C=C\C/C=C\C/C=C\C/C=C\C/C=C\C/C=C\CCC(=O)OC(COC(=O)CCCCC/C=C\C/C=C\C/C=C\CC)COP(=O)(O)OCC(CO)OC(=O)CCCCCCC/C=C\CCCCCC. The fourth-order valence-corrected chi connectivity index (χ4v) is 7.53. The second-order valence-electron chi connectivity index (χ2n) is 17.6. The van der Waals surface area contributed by atoms with Crippen LogP contribution in [-0.2, 0) is 42.2 Å². The molecule has 0 saturated heterocycles. The third kappa shape index (κ3) is 50.8. The number of carbonyl (C=O) groups is 3. The summed E-state index contributed by atoms with van der Waals surface area (Å²) in [6.07, 6.45) is 64.7. The van der Waals surface area contributed by atoms with Gasteiger partial charge in [0.25, 0.3) is 0 Å². The average molecular weight is 1030 g/mol. The van der Waals surface area contributed by atoms with Crippen LogP contribution < -0.4 is 0 Å². The lowest BCUT2D eigenvalue weighted by Gasteiger charge is -2.21. The lowest BCUT2D eigenvalue weighted by atomic mass is 10.1. The number of esters is 3. The molecule has 0 aromatic heterocycles. The van der Waals surface area contributed by atoms with Crippen LogP contribution in [0.25, 0.3) is 0 Å². The standard InChI is InChI=1S/C60H97O11P/c1-4-7-10-13-16-19-22-25-26-27-28-29-30-33-36-39-42-45-48-51-60(64)71-57(53-67-58(62)49-46-43-40-37-34-31-23-20-17-14-11-8-5-2)55-69-72(65,66)68-54-56(52-61)70-59(63)50-47-44-41-38-35-32-24-21-18-15-12-9-6-3/h7-8,10-11,16-17,19-21,24-26,28-29,31,33-34,36,42,45,56-57,61H,4-6,9,12-15,18,22-23,27,30,32,35,37-41,43-44,46-55H2,1-3H3,(H,65,66)/b10-7-,11-8-,19-16-,20-17-,24-21-,26-25-,29-28-,34-31-,36-33-,45-42-. The molecule has 408 valence electrons. The van der Waals surface area contributed by atoms with Gasteiger partial charge >= 0.3 is 25.7 Å². The van der Waals surface area contributed by atoms with Crippen molar-refractivity contribution in [3.63, 3.8) is 0 Å². The summed E-state index contributed by atoms with van der Waals surface area (Å²) < 4.78 is 39.3. The minimum absolute atomic E-state index is 0.0292. The molecule has 0 aliphatic carbocycles. The van der Waals surface area contributed by atoms with E-state index < -0.39 is 57.8 Å². The molecule has 72 heavy (non-hydrogen) atoms. The summed E-state index contributed by atoms with van der Waals surface area (Å²) in [6.45, 7) is 4.24. The van der Waals surface area contributed by atoms with E-state index in [0.29, 0.717) is 25.7 Å². The molecule has 3 atom stereocenters. The van der Waals surface area contributed by atoms with Crippen LogP contribution in [0.2, 0.25) is 0 Å². The van der Waals surface area contributed by atoms with Crippen molar-refractivity contribution in [1.29, 1.82) is 0 Å². The molecule has 0 aliphatic heterocycles. The first-order valence-corrected chi connectivity index (χ1v) is 28.9. The predicted octanol–water partition coefficient (Wildman–Crippen LogP) is 16.0. The molecule has 0 fully saturated rings. The summed E-state index contributed by atoms with van der Waals surface area (Å²) in [6, 6.07) is 0. The number of phosphoric ester groups is 1. The number of unbranched alkanes of at least 4 members (excludes halogenated alkanes) is 12. The summed E-state index contributed by atoms with van der Waals surface area (Å²) in [5.74, 6) is -1.63. The number of rotatable bonds is 49. The highest BCUT2D eigenvalue weighted by atomic mass is 31.2. The number of hydrogen-bond donors (Lipinski definition) is 2. The zero-order chi connectivity index (χ0) is 52.7. The minimum Gasteiger partial charge on any atom is -0.462 e. The van der Waals surface area contributed by atoms with Gasteiger partial charge in [-0.05, 0) is 116 Å². The maximum absolute atomic E-state index is 12.9. The summed E-state index contributed by atoms with van der Waals surface area (Å²) in [7, 11) is -4.78. The quantitative estimate of drug-likeness (QED) is 0.0197. The van der Waals surface area contributed by atoms with Gasteiger partial charge in [-0.15, -0.1) is 0 Å². The molecule has 2 N–H and O–H groups in total. The average Bonchev–Trinajstić information content (AvgIpc) is 3.37. The minimum atomic E-state index is -4.78. The van der Waals surface area contributed by atoms with Crippen LogP contribution in [0, 0.1) is 0 Å². The second-order valence-corrected chi connectivity index (χ2v) is 19.1. The number of phosphoric acid groups is 1. The Balaban J connectivity index is 4.91. The van der Waals surface area contributed by atoms with Crippen molar-refractivity contribution in [1.82, 2.24) is 0 Å². The lowest BCUT2D eigenvalue weighted by molar-refractivity contribution is -0.161. The molecule has 0 spiro atoms. The molecule has 0 bridgehead atoms. The van der Waals surface area contributed by atoms with Gasteiger partial charge in [-0.25, -0.2) is 4.57 Å². The number of ether oxygens (including phenoxy) is 3. The van der Waals surface area contributed by atoms with Crippen molar-refractivity contribution in [2.75, 3.05) is 26.4 Å². The zero-order valence-corrected chi connectivity index (χ0v) is 45.7. The van der Waals surface area contributed by atoms with E-state index in [0.717, 1.165) is 109 Å². The molecule has 0 aromatic rings. The van der Waals surface area contributed by atoms with Gasteiger partial charge in [-0.3, -0.25) is 23.4 Å². The van der Waals surface area contributed by atoms with Crippen LogP contribution in [0.4, 0.5) is 0 Å². The Kier molecular flexibility index (Phi) is 50.1. The van der Waals surface area contributed by atoms with Crippen LogP contribution >= 0.6 is 7.82 Å². The van der Waals surface area contributed by atoms with E-state index in [4.69, 9.17) is 23.3 Å². The maximum Gasteiger partial charge on any atom is 0.472 e. The number of hydrogen-bond acceptors (Lipinski definition) is 10.